The second kappa shape index (κ2) is 5.87. The van der Waals surface area contributed by atoms with Crippen LogP contribution in [0.2, 0.25) is 0 Å². The van der Waals surface area contributed by atoms with Gasteiger partial charge in [0, 0.05) is 6.42 Å². The van der Waals surface area contributed by atoms with Gasteiger partial charge in [-0.1, -0.05) is 0 Å². The molecule has 18 heavy (non-hydrogen) atoms. The molecule has 0 rings (SSSR count). The topological polar surface area (TPSA) is 199 Å². The third kappa shape index (κ3) is 3.92. The van der Waals surface area contributed by atoms with Crippen molar-refractivity contribution in [3.05, 3.63) is 0 Å². The summed E-state index contributed by atoms with van der Waals surface area (Å²) in [5.41, 5.74) is 5.19. The van der Waals surface area contributed by atoms with Gasteiger partial charge in [0.05, 0.1) is 6.04 Å². The third-order valence-electron chi connectivity index (χ3n) is 2.29. The molecule has 0 heterocycles. The largest absolute Gasteiger partial charge is 0.389 e. The van der Waals surface area contributed by atoms with Gasteiger partial charge in [-0.05, 0) is 6.42 Å². The number of hydrogen-bond acceptors (Lipinski definition) is 6. The van der Waals surface area contributed by atoms with E-state index < -0.39 is 51.5 Å². The Morgan fingerprint density at radius 1 is 1.17 bits per heavy atom. The average Bonchev–Trinajstić information content (AvgIpc) is 2.20. The first kappa shape index (κ1) is 17.8. The van der Waals surface area contributed by atoms with Crippen LogP contribution in [0, 0.1) is 0 Å². The second-order valence-electron chi connectivity index (χ2n) is 3.63. The van der Waals surface area contributed by atoms with Crippen LogP contribution in [0.1, 0.15) is 12.8 Å². The number of carbonyl (C=O) groups is 1. The van der Waals surface area contributed by atoms with Crippen molar-refractivity contribution < 1.29 is 43.7 Å². The van der Waals surface area contributed by atoms with Crippen LogP contribution in [0.25, 0.3) is 0 Å². The van der Waals surface area contributed by atoms with Crippen molar-refractivity contribution in [3.63, 3.8) is 0 Å². The van der Waals surface area contributed by atoms with E-state index in [1.807, 2.05) is 0 Å². The zero-order valence-electron chi connectivity index (χ0n) is 9.08. The fraction of sp³-hybridized carbons (Fsp3) is 0.833. The van der Waals surface area contributed by atoms with E-state index in [2.05, 4.69) is 0 Å². The predicted octanol–water partition coefficient (Wildman–Crippen LogP) is -2.34. The minimum absolute atomic E-state index is 0.605. The molecule has 0 saturated carbocycles. The number of aliphatic hydroxyl groups excluding tert-OH is 1. The molecule has 1 unspecified atom stereocenters. The molecule has 8 N–H and O–H groups in total. The van der Waals surface area contributed by atoms with Crippen molar-refractivity contribution in [2.24, 2.45) is 5.73 Å². The molecule has 10 nitrogen and oxygen atoms in total. The molecule has 0 fully saturated rings. The lowest BCUT2D eigenvalue weighted by Crippen LogP contribution is -2.37. The third-order valence-corrected chi connectivity index (χ3v) is 6.17. The predicted molar refractivity (Wildman–Crippen MR) is 58.3 cm³/mol. The summed E-state index contributed by atoms with van der Waals surface area (Å²) in [5.74, 6) is -0.881. The zero-order chi connectivity index (χ0) is 14.8. The van der Waals surface area contributed by atoms with Crippen LogP contribution in [0.3, 0.4) is 0 Å². The summed E-state index contributed by atoms with van der Waals surface area (Å²) in [6.07, 6.45) is -1.69. The summed E-state index contributed by atoms with van der Waals surface area (Å²) >= 11 is 0. The van der Waals surface area contributed by atoms with E-state index in [9.17, 15) is 19.0 Å². The molecule has 0 aromatic carbocycles. The van der Waals surface area contributed by atoms with E-state index in [1.165, 1.54) is 0 Å². The molecule has 0 aliphatic heterocycles. The van der Waals surface area contributed by atoms with Crippen molar-refractivity contribution in [2.75, 3.05) is 6.61 Å². The van der Waals surface area contributed by atoms with Crippen molar-refractivity contribution in [3.8, 4) is 0 Å². The molecule has 0 saturated heterocycles. The summed E-state index contributed by atoms with van der Waals surface area (Å²) in [5, 5.41) is 14.3. The number of Topliss-reactive ketones (excluding diaryl/α,β-unsaturated/α-hetero) is 1. The molecule has 0 aromatic rings. The van der Waals surface area contributed by atoms with E-state index in [1.54, 1.807) is 0 Å². The Morgan fingerprint density at radius 3 is 1.83 bits per heavy atom. The summed E-state index contributed by atoms with van der Waals surface area (Å²) in [6.45, 7) is -0.925. The Hall–Kier alpha value is -0.150. The standard InChI is InChI=1S/C6H15NO9P2/c7-4(5(9)3-8)1-2-6(10,17(11,12)13)18(14,15)16/h4,8,10H,1-3,7H2,(H2,11,12,13)(H2,14,15,16). The summed E-state index contributed by atoms with van der Waals surface area (Å²) < 4.78 is 21.9. The van der Waals surface area contributed by atoms with Crippen LogP contribution in [-0.4, -0.2) is 53.3 Å². The number of aliphatic hydroxyl groups is 2. The van der Waals surface area contributed by atoms with Crippen LogP contribution >= 0.6 is 15.2 Å². The molecule has 0 spiro atoms. The van der Waals surface area contributed by atoms with Crippen LogP contribution < -0.4 is 5.73 Å². The smallest absolute Gasteiger partial charge is 0.369 e. The lowest BCUT2D eigenvalue weighted by molar-refractivity contribution is -0.123. The Kier molecular flexibility index (Phi) is 5.82. The number of rotatable bonds is 7. The molecule has 12 heteroatoms. The highest BCUT2D eigenvalue weighted by molar-refractivity contribution is 7.72. The Morgan fingerprint density at radius 2 is 1.56 bits per heavy atom. The molecule has 0 bridgehead atoms. The molecule has 108 valence electrons. The van der Waals surface area contributed by atoms with Crippen molar-refractivity contribution in [2.45, 2.75) is 24.0 Å². The van der Waals surface area contributed by atoms with Gasteiger partial charge in [0.1, 0.15) is 6.61 Å². The van der Waals surface area contributed by atoms with E-state index >= 15 is 0 Å². The normalized spacial score (nSPS) is 15.5. The van der Waals surface area contributed by atoms with Gasteiger partial charge in [-0.15, -0.1) is 0 Å². The minimum atomic E-state index is -5.54. The van der Waals surface area contributed by atoms with E-state index in [0.717, 1.165) is 0 Å². The van der Waals surface area contributed by atoms with Gasteiger partial charge in [0.25, 0.3) is 5.08 Å². The molecule has 0 radical (unpaired) electrons. The van der Waals surface area contributed by atoms with Crippen LogP contribution in [0.15, 0.2) is 0 Å². The van der Waals surface area contributed by atoms with Crippen molar-refractivity contribution in [1.82, 2.24) is 0 Å². The highest BCUT2D eigenvalue weighted by atomic mass is 31.2. The fourth-order valence-electron chi connectivity index (χ4n) is 1.09. The zero-order valence-corrected chi connectivity index (χ0v) is 10.9. The number of ketones is 1. The van der Waals surface area contributed by atoms with Crippen LogP contribution in [0.5, 0.6) is 0 Å². The van der Waals surface area contributed by atoms with Gasteiger partial charge in [0.2, 0.25) is 0 Å². The van der Waals surface area contributed by atoms with Gasteiger partial charge in [0.15, 0.2) is 5.78 Å². The quantitative estimate of drug-likeness (QED) is 0.250. The Bertz CT molecular complexity index is 376. The maximum Gasteiger partial charge on any atom is 0.369 e. The molecule has 1 atom stereocenters. The van der Waals surface area contributed by atoms with Gasteiger partial charge >= 0.3 is 15.2 Å². The van der Waals surface area contributed by atoms with Gasteiger partial charge in [-0.3, -0.25) is 13.9 Å². The van der Waals surface area contributed by atoms with E-state index in [4.69, 9.17) is 30.4 Å². The van der Waals surface area contributed by atoms with Crippen molar-refractivity contribution >= 4 is 21.0 Å². The highest BCUT2D eigenvalue weighted by Crippen LogP contribution is 2.69. The molecule has 0 aromatic heterocycles. The Balaban J connectivity index is 5.04. The van der Waals surface area contributed by atoms with Crippen LogP contribution in [0.4, 0.5) is 0 Å². The van der Waals surface area contributed by atoms with E-state index in [-0.39, 0.29) is 0 Å². The van der Waals surface area contributed by atoms with Gasteiger partial charge in [-0.2, -0.15) is 0 Å². The first-order valence-corrected chi connectivity index (χ1v) is 7.82. The fourth-order valence-corrected chi connectivity index (χ4v) is 3.29. The number of hydrogen-bond donors (Lipinski definition) is 7. The molecule has 0 amide bonds. The first-order valence-electron chi connectivity index (χ1n) is 4.59. The van der Waals surface area contributed by atoms with Crippen molar-refractivity contribution in [1.29, 1.82) is 0 Å². The number of nitrogens with two attached hydrogens (primary N) is 1. The lowest BCUT2D eigenvalue weighted by Gasteiger charge is -2.29. The Labute approximate surface area is 102 Å². The maximum atomic E-state index is 10.9. The van der Waals surface area contributed by atoms with Gasteiger partial charge < -0.3 is 35.5 Å². The molecular weight excluding hydrogens is 292 g/mol. The minimum Gasteiger partial charge on any atom is -0.389 e. The monoisotopic (exact) mass is 307 g/mol. The second-order valence-corrected chi connectivity index (χ2v) is 7.64. The number of carbonyl (C=O) groups excluding carboxylic acids is 1. The average molecular weight is 307 g/mol. The van der Waals surface area contributed by atoms with E-state index in [0.29, 0.717) is 0 Å². The first-order chi connectivity index (χ1) is 7.87. The highest BCUT2D eigenvalue weighted by Gasteiger charge is 2.58. The maximum absolute atomic E-state index is 10.9. The molecular formula is C6H15NO9P2. The van der Waals surface area contributed by atoms with Crippen LogP contribution in [-0.2, 0) is 13.9 Å². The SMILES string of the molecule is NC(CCC(O)(P(=O)(O)O)P(=O)(O)O)C(=O)CO. The lowest BCUT2D eigenvalue weighted by atomic mass is 10.1. The summed E-state index contributed by atoms with van der Waals surface area (Å²) in [4.78, 5) is 46.0. The summed E-state index contributed by atoms with van der Waals surface area (Å²) in [6, 6.07) is -1.39. The summed E-state index contributed by atoms with van der Waals surface area (Å²) in [7, 11) is -11.1. The van der Waals surface area contributed by atoms with Gasteiger partial charge in [-0.25, -0.2) is 0 Å². The molecule has 0 aliphatic carbocycles. The molecule has 0 aliphatic rings.